The van der Waals surface area contributed by atoms with Gasteiger partial charge in [0.15, 0.2) is 0 Å². The fourth-order valence-electron chi connectivity index (χ4n) is 2.36. The van der Waals surface area contributed by atoms with Crippen LogP contribution >= 0.6 is 0 Å². The van der Waals surface area contributed by atoms with Gasteiger partial charge in [0.1, 0.15) is 5.75 Å². The van der Waals surface area contributed by atoms with Gasteiger partial charge in [-0.15, -0.1) is 0 Å². The van der Waals surface area contributed by atoms with Crippen LogP contribution in [0.2, 0.25) is 0 Å². The zero-order valence-electron chi connectivity index (χ0n) is 15.1. The number of ether oxygens (including phenoxy) is 1. The summed E-state index contributed by atoms with van der Waals surface area (Å²) in [5, 5.41) is 0. The first-order chi connectivity index (χ1) is 10.6. The van der Waals surface area contributed by atoms with Crippen LogP contribution in [0.15, 0.2) is 18.2 Å². The van der Waals surface area contributed by atoms with Crippen LogP contribution in [0.4, 0.5) is 0 Å². The van der Waals surface area contributed by atoms with Gasteiger partial charge in [0.25, 0.3) is 5.91 Å². The van der Waals surface area contributed by atoms with Gasteiger partial charge in [-0.3, -0.25) is 4.79 Å². The lowest BCUT2D eigenvalue weighted by Gasteiger charge is -2.32. The summed E-state index contributed by atoms with van der Waals surface area (Å²) in [6, 6.07) is 5.47. The van der Waals surface area contributed by atoms with Crippen molar-refractivity contribution in [2.75, 3.05) is 20.7 Å². The van der Waals surface area contributed by atoms with E-state index in [0.29, 0.717) is 17.9 Å². The molecule has 0 radical (unpaired) electrons. The normalized spacial score (nSPS) is 18.8. The summed E-state index contributed by atoms with van der Waals surface area (Å²) >= 11 is 0. The number of carbonyl (C=O) groups is 1. The molecular weight excluding hydrogens is 293 g/mol. The molecule has 23 heavy (non-hydrogen) atoms. The largest absolute Gasteiger partial charge is 0.494 e. The van der Waals surface area contributed by atoms with Crippen molar-refractivity contribution in [3.63, 3.8) is 0 Å². The lowest BCUT2D eigenvalue weighted by molar-refractivity contribution is 0.00578. The summed E-state index contributed by atoms with van der Waals surface area (Å²) in [5.74, 6) is 0.465. The fraction of sp³-hybridized carbons (Fsp3) is 0.588. The summed E-state index contributed by atoms with van der Waals surface area (Å²) in [4.78, 5) is 13.8. The Bertz CT molecular complexity index is 582. The Kier molecular flexibility index (Phi) is 4.78. The molecule has 0 bridgehead atoms. The third kappa shape index (κ3) is 3.38. The van der Waals surface area contributed by atoms with Crippen molar-refractivity contribution in [3.8, 4) is 5.75 Å². The number of amides is 1. The molecular formula is C17H26BNO4. The number of hydrogen-bond donors (Lipinski definition) is 0. The molecule has 1 amide bonds. The van der Waals surface area contributed by atoms with E-state index in [1.807, 2.05) is 46.8 Å². The van der Waals surface area contributed by atoms with Gasteiger partial charge in [0, 0.05) is 14.1 Å². The fourth-order valence-corrected chi connectivity index (χ4v) is 2.36. The van der Waals surface area contributed by atoms with Crippen molar-refractivity contribution in [2.24, 2.45) is 0 Å². The van der Waals surface area contributed by atoms with Crippen molar-refractivity contribution in [1.29, 1.82) is 0 Å². The van der Waals surface area contributed by atoms with E-state index in [0.717, 1.165) is 5.46 Å². The topological polar surface area (TPSA) is 48.0 Å². The highest BCUT2D eigenvalue weighted by Gasteiger charge is 2.51. The SMILES string of the molecule is CCOc1cc(B2OC(C)(C)C(C)(C)O2)ccc1C(=O)N(C)C. The maximum atomic E-state index is 12.3. The minimum atomic E-state index is -0.470. The van der Waals surface area contributed by atoms with Crippen LogP contribution in [0.3, 0.4) is 0 Å². The van der Waals surface area contributed by atoms with E-state index in [4.69, 9.17) is 14.0 Å². The van der Waals surface area contributed by atoms with E-state index >= 15 is 0 Å². The molecule has 0 unspecified atom stereocenters. The minimum absolute atomic E-state index is 0.0890. The third-order valence-electron chi connectivity index (χ3n) is 4.47. The van der Waals surface area contributed by atoms with E-state index in [-0.39, 0.29) is 5.91 Å². The predicted molar refractivity (Wildman–Crippen MR) is 91.3 cm³/mol. The van der Waals surface area contributed by atoms with Crippen LogP contribution in [-0.2, 0) is 9.31 Å². The third-order valence-corrected chi connectivity index (χ3v) is 4.47. The highest BCUT2D eigenvalue weighted by molar-refractivity contribution is 6.62. The maximum Gasteiger partial charge on any atom is 0.494 e. The molecule has 1 aromatic carbocycles. The van der Waals surface area contributed by atoms with Gasteiger partial charge in [-0.05, 0) is 52.2 Å². The molecule has 1 aromatic rings. The summed E-state index contributed by atoms with van der Waals surface area (Å²) in [6.07, 6.45) is 0. The number of benzene rings is 1. The van der Waals surface area contributed by atoms with Gasteiger partial charge in [0.2, 0.25) is 0 Å². The van der Waals surface area contributed by atoms with Crippen LogP contribution in [0, 0.1) is 0 Å². The molecule has 0 spiro atoms. The van der Waals surface area contributed by atoms with Crippen LogP contribution < -0.4 is 10.2 Å². The first-order valence-electron chi connectivity index (χ1n) is 7.93. The second-order valence-electron chi connectivity index (χ2n) is 6.98. The van der Waals surface area contributed by atoms with Crippen molar-refractivity contribution in [3.05, 3.63) is 23.8 Å². The van der Waals surface area contributed by atoms with E-state index in [9.17, 15) is 4.79 Å². The Morgan fingerprint density at radius 1 is 1.17 bits per heavy atom. The molecule has 5 nitrogen and oxygen atoms in total. The average Bonchev–Trinajstić information content (AvgIpc) is 2.67. The van der Waals surface area contributed by atoms with Gasteiger partial charge in [-0.25, -0.2) is 0 Å². The van der Waals surface area contributed by atoms with Crippen molar-refractivity contribution in [1.82, 2.24) is 4.90 Å². The molecule has 0 aliphatic carbocycles. The van der Waals surface area contributed by atoms with Crippen LogP contribution in [0.25, 0.3) is 0 Å². The number of hydrogen-bond acceptors (Lipinski definition) is 4. The lowest BCUT2D eigenvalue weighted by atomic mass is 9.78. The zero-order valence-corrected chi connectivity index (χ0v) is 15.1. The molecule has 6 heteroatoms. The molecule has 0 aromatic heterocycles. The van der Waals surface area contributed by atoms with Gasteiger partial charge in [-0.1, -0.05) is 6.07 Å². The molecule has 1 aliphatic rings. The molecule has 0 atom stereocenters. The van der Waals surface area contributed by atoms with E-state index < -0.39 is 18.3 Å². The van der Waals surface area contributed by atoms with Crippen molar-refractivity contribution < 1.29 is 18.8 Å². The molecule has 1 aliphatic heterocycles. The second kappa shape index (κ2) is 6.17. The molecule has 0 saturated carbocycles. The molecule has 0 N–H and O–H groups in total. The highest BCUT2D eigenvalue weighted by Crippen LogP contribution is 2.36. The predicted octanol–water partition coefficient (Wildman–Crippen LogP) is 2.09. The molecule has 1 heterocycles. The molecule has 2 rings (SSSR count). The van der Waals surface area contributed by atoms with Gasteiger partial charge < -0.3 is 18.9 Å². The monoisotopic (exact) mass is 319 g/mol. The number of rotatable bonds is 4. The number of carbonyl (C=O) groups excluding carboxylic acids is 1. The minimum Gasteiger partial charge on any atom is -0.493 e. The summed E-state index contributed by atoms with van der Waals surface area (Å²) < 4.78 is 17.8. The highest BCUT2D eigenvalue weighted by atomic mass is 16.7. The van der Waals surface area contributed by atoms with E-state index in [1.54, 1.807) is 20.2 Å². The van der Waals surface area contributed by atoms with Crippen LogP contribution in [0.1, 0.15) is 45.0 Å². The smallest absolute Gasteiger partial charge is 0.493 e. The van der Waals surface area contributed by atoms with Crippen molar-refractivity contribution >= 4 is 18.5 Å². The second-order valence-corrected chi connectivity index (χ2v) is 6.98. The first-order valence-corrected chi connectivity index (χ1v) is 7.93. The van der Waals surface area contributed by atoms with Crippen LogP contribution in [0.5, 0.6) is 5.75 Å². The Balaban J connectivity index is 2.36. The molecule has 1 saturated heterocycles. The Hall–Kier alpha value is -1.53. The average molecular weight is 319 g/mol. The Morgan fingerprint density at radius 2 is 1.74 bits per heavy atom. The van der Waals surface area contributed by atoms with Gasteiger partial charge in [0.05, 0.1) is 23.4 Å². The van der Waals surface area contributed by atoms with Crippen LogP contribution in [-0.4, -0.2) is 49.8 Å². The maximum absolute atomic E-state index is 12.3. The summed E-state index contributed by atoms with van der Waals surface area (Å²) in [7, 11) is 2.98. The zero-order chi connectivity index (χ0) is 17.4. The van der Waals surface area contributed by atoms with E-state index in [1.165, 1.54) is 4.90 Å². The van der Waals surface area contributed by atoms with Gasteiger partial charge >= 0.3 is 7.12 Å². The lowest BCUT2D eigenvalue weighted by Crippen LogP contribution is -2.41. The summed E-state index contributed by atoms with van der Waals surface area (Å²) in [6.45, 7) is 10.4. The van der Waals surface area contributed by atoms with E-state index in [2.05, 4.69) is 0 Å². The number of nitrogens with zero attached hydrogens (tertiary/aromatic N) is 1. The molecule has 126 valence electrons. The summed E-state index contributed by atoms with van der Waals surface area (Å²) in [5.41, 5.74) is 0.586. The molecule has 1 fully saturated rings. The standard InChI is InChI=1S/C17H26BNO4/c1-8-21-14-11-12(9-10-13(14)15(20)19(6)7)18-22-16(2,3)17(4,5)23-18/h9-11H,8H2,1-7H3. The van der Waals surface area contributed by atoms with Crippen molar-refractivity contribution in [2.45, 2.75) is 45.8 Å². The Morgan fingerprint density at radius 3 is 2.22 bits per heavy atom. The first kappa shape index (κ1) is 17.8. The Labute approximate surface area is 139 Å². The van der Waals surface area contributed by atoms with Gasteiger partial charge in [-0.2, -0.15) is 0 Å². The quantitative estimate of drug-likeness (QED) is 0.798.